The van der Waals surface area contributed by atoms with Crippen LogP contribution in [0.25, 0.3) is 0 Å². The van der Waals surface area contributed by atoms with E-state index in [1.54, 1.807) is 0 Å². The van der Waals surface area contributed by atoms with Crippen molar-refractivity contribution in [3.05, 3.63) is 0 Å². The Morgan fingerprint density at radius 1 is 1.73 bits per heavy atom. The average Bonchev–Trinajstić information content (AvgIpc) is 2.66. The lowest BCUT2D eigenvalue weighted by Crippen LogP contribution is -2.20. The maximum Gasteiger partial charge on any atom is 0.0376 e. The van der Waals surface area contributed by atoms with Crippen molar-refractivity contribution in [1.29, 1.82) is 0 Å². The van der Waals surface area contributed by atoms with E-state index >= 15 is 0 Å². The molecule has 0 spiro atoms. The predicted molar refractivity (Wildman–Crippen MR) is 43.9 cm³/mol. The van der Waals surface area contributed by atoms with E-state index in [0.717, 1.165) is 6.42 Å². The molecule has 3 nitrogen and oxygen atoms in total. The molecule has 1 rings (SSSR count). The van der Waals surface area contributed by atoms with E-state index in [0.29, 0.717) is 12.5 Å². The first-order valence-electron chi connectivity index (χ1n) is 3.67. The van der Waals surface area contributed by atoms with Crippen molar-refractivity contribution in [1.82, 2.24) is 4.72 Å². The van der Waals surface area contributed by atoms with Gasteiger partial charge in [-0.05, 0) is 25.2 Å². The lowest BCUT2D eigenvalue weighted by molar-refractivity contribution is 0.519. The normalized spacial score (nSPS) is 23.1. The van der Waals surface area contributed by atoms with Gasteiger partial charge in [-0.25, -0.2) is 4.72 Å². The van der Waals surface area contributed by atoms with Crippen molar-refractivity contribution in [3.8, 4) is 0 Å². The fourth-order valence-corrected chi connectivity index (χ4v) is 1.62. The molecular formula is C6H11ClNO2S-. The summed E-state index contributed by atoms with van der Waals surface area (Å²) in [5, 5.41) is 0.158. The molecule has 2 unspecified atom stereocenters. The third kappa shape index (κ3) is 4.06. The van der Waals surface area contributed by atoms with Crippen LogP contribution in [0, 0.1) is 5.92 Å². The predicted octanol–water partition coefficient (Wildman–Crippen LogP) is 0.778. The number of hydrogen-bond donors (Lipinski definition) is 1. The summed E-state index contributed by atoms with van der Waals surface area (Å²) in [5.74, 6) is 0.638. The Kier molecular flexibility index (Phi) is 3.78. The number of alkyl halides is 1. The zero-order valence-electron chi connectivity index (χ0n) is 6.09. The van der Waals surface area contributed by atoms with Crippen molar-refractivity contribution in [2.45, 2.75) is 24.6 Å². The Hall–Kier alpha value is 0.360. The summed E-state index contributed by atoms with van der Waals surface area (Å²) in [6, 6.07) is 0. The standard InChI is InChI=1S/C6H12ClNO2S/c7-6(5-1-2-5)3-4-8-11(9)10/h5-6,8H,1-4H2,(H,9,10)/p-1. The van der Waals surface area contributed by atoms with Gasteiger partial charge in [-0.1, -0.05) is 0 Å². The number of rotatable bonds is 5. The fourth-order valence-electron chi connectivity index (χ4n) is 0.974. The molecule has 0 bridgehead atoms. The Balaban J connectivity index is 1.97. The molecule has 11 heavy (non-hydrogen) atoms. The average molecular weight is 197 g/mol. The number of halogens is 1. The topological polar surface area (TPSA) is 52.2 Å². The molecule has 1 saturated carbocycles. The molecule has 0 saturated heterocycles. The van der Waals surface area contributed by atoms with Gasteiger partial charge in [0.25, 0.3) is 0 Å². The van der Waals surface area contributed by atoms with Crippen molar-refractivity contribution < 1.29 is 8.76 Å². The van der Waals surface area contributed by atoms with Gasteiger partial charge in [0.05, 0.1) is 0 Å². The summed E-state index contributed by atoms with van der Waals surface area (Å²) >= 11 is 3.79. The number of hydrogen-bond acceptors (Lipinski definition) is 2. The SMILES string of the molecule is O=S([O-])NCCC(Cl)C1CC1. The van der Waals surface area contributed by atoms with E-state index in [-0.39, 0.29) is 5.38 Å². The molecule has 1 aliphatic carbocycles. The largest absolute Gasteiger partial charge is 0.760 e. The minimum atomic E-state index is -2.13. The molecule has 2 atom stereocenters. The highest BCUT2D eigenvalue weighted by atomic mass is 35.5. The third-order valence-corrected chi connectivity index (χ3v) is 2.79. The van der Waals surface area contributed by atoms with E-state index in [4.69, 9.17) is 11.6 Å². The molecular weight excluding hydrogens is 186 g/mol. The highest BCUT2D eigenvalue weighted by Crippen LogP contribution is 2.36. The first kappa shape index (κ1) is 9.45. The summed E-state index contributed by atoms with van der Waals surface area (Å²) in [7, 11) is 0. The molecule has 0 heterocycles. The van der Waals surface area contributed by atoms with Crippen molar-refractivity contribution >= 4 is 22.9 Å². The second-order valence-corrected chi connectivity index (χ2v) is 4.09. The van der Waals surface area contributed by atoms with E-state index in [2.05, 4.69) is 4.72 Å². The number of nitrogens with one attached hydrogen (secondary N) is 1. The van der Waals surface area contributed by atoms with Gasteiger partial charge in [0.2, 0.25) is 0 Å². The van der Waals surface area contributed by atoms with Gasteiger partial charge in [0.1, 0.15) is 0 Å². The maximum absolute atomic E-state index is 10.0. The third-order valence-electron chi connectivity index (χ3n) is 1.77. The highest BCUT2D eigenvalue weighted by Gasteiger charge is 2.28. The molecule has 66 valence electrons. The van der Waals surface area contributed by atoms with Gasteiger partial charge in [0, 0.05) is 23.2 Å². The van der Waals surface area contributed by atoms with Gasteiger partial charge in [-0.15, -0.1) is 11.6 Å². The molecule has 0 radical (unpaired) electrons. The summed E-state index contributed by atoms with van der Waals surface area (Å²) in [6.45, 7) is 0.459. The molecule has 1 fully saturated rings. The first-order chi connectivity index (χ1) is 5.20. The van der Waals surface area contributed by atoms with Crippen LogP contribution in [0.15, 0.2) is 0 Å². The zero-order chi connectivity index (χ0) is 8.27. The van der Waals surface area contributed by atoms with Crippen LogP contribution in [0.1, 0.15) is 19.3 Å². The van der Waals surface area contributed by atoms with Crippen LogP contribution in [0.4, 0.5) is 0 Å². The molecule has 0 aromatic heterocycles. The van der Waals surface area contributed by atoms with Gasteiger partial charge >= 0.3 is 0 Å². The Morgan fingerprint density at radius 2 is 2.36 bits per heavy atom. The summed E-state index contributed by atoms with van der Waals surface area (Å²) < 4.78 is 22.3. The van der Waals surface area contributed by atoms with Gasteiger partial charge in [0.15, 0.2) is 0 Å². The highest BCUT2D eigenvalue weighted by molar-refractivity contribution is 7.77. The van der Waals surface area contributed by atoms with Crippen LogP contribution in [0.2, 0.25) is 0 Å². The van der Waals surface area contributed by atoms with E-state index in [9.17, 15) is 8.76 Å². The van der Waals surface area contributed by atoms with Crippen molar-refractivity contribution in [3.63, 3.8) is 0 Å². The molecule has 1 N–H and O–H groups in total. The molecule has 0 aromatic carbocycles. The molecule has 5 heteroatoms. The van der Waals surface area contributed by atoms with E-state index < -0.39 is 11.3 Å². The Morgan fingerprint density at radius 3 is 2.82 bits per heavy atom. The summed E-state index contributed by atoms with van der Waals surface area (Å²) in [4.78, 5) is 0. The smallest absolute Gasteiger partial charge is 0.0376 e. The monoisotopic (exact) mass is 196 g/mol. The molecule has 1 aliphatic rings. The van der Waals surface area contributed by atoms with Gasteiger partial charge < -0.3 is 4.55 Å². The molecule has 0 aliphatic heterocycles. The Bertz CT molecular complexity index is 152. The lowest BCUT2D eigenvalue weighted by Gasteiger charge is -2.09. The molecule has 0 aromatic rings. The first-order valence-corrected chi connectivity index (χ1v) is 5.18. The van der Waals surface area contributed by atoms with Crippen LogP contribution < -0.4 is 4.72 Å². The van der Waals surface area contributed by atoms with Crippen LogP contribution >= 0.6 is 11.6 Å². The van der Waals surface area contributed by atoms with Crippen molar-refractivity contribution in [2.24, 2.45) is 5.92 Å². The quantitative estimate of drug-likeness (QED) is 0.522. The fraction of sp³-hybridized carbons (Fsp3) is 1.00. The minimum Gasteiger partial charge on any atom is -0.760 e. The zero-order valence-corrected chi connectivity index (χ0v) is 7.66. The lowest BCUT2D eigenvalue weighted by atomic mass is 10.2. The summed E-state index contributed by atoms with van der Waals surface area (Å²) in [6.07, 6.45) is 3.14. The Labute approximate surface area is 73.9 Å². The minimum absolute atomic E-state index is 0.158. The van der Waals surface area contributed by atoms with Crippen LogP contribution in [-0.4, -0.2) is 20.7 Å². The van der Waals surface area contributed by atoms with Crippen LogP contribution in [-0.2, 0) is 11.3 Å². The van der Waals surface area contributed by atoms with E-state index in [1.807, 2.05) is 0 Å². The second-order valence-electron chi connectivity index (χ2n) is 2.77. The summed E-state index contributed by atoms with van der Waals surface area (Å²) in [5.41, 5.74) is 0. The second kappa shape index (κ2) is 4.40. The van der Waals surface area contributed by atoms with Gasteiger partial charge in [-0.2, -0.15) is 0 Å². The van der Waals surface area contributed by atoms with Gasteiger partial charge in [-0.3, -0.25) is 4.21 Å². The van der Waals surface area contributed by atoms with E-state index in [1.165, 1.54) is 12.8 Å². The van der Waals surface area contributed by atoms with Crippen LogP contribution in [0.3, 0.4) is 0 Å². The maximum atomic E-state index is 10.0. The molecule has 0 amide bonds. The van der Waals surface area contributed by atoms with Crippen LogP contribution in [0.5, 0.6) is 0 Å². The van der Waals surface area contributed by atoms with Crippen molar-refractivity contribution in [2.75, 3.05) is 6.54 Å².